The number of fused-ring (bicyclic) bond motifs is 16. The Morgan fingerprint density at radius 3 is 2.26 bits per heavy atom. The van der Waals surface area contributed by atoms with Crippen LogP contribution in [0.15, 0.2) is 85.5 Å². The lowest BCUT2D eigenvalue weighted by Gasteiger charge is -2.08. The minimum absolute atomic E-state index is 0.929. The highest BCUT2D eigenvalue weighted by Gasteiger charge is 2.30. The molecular weight excluding hydrogens is 428 g/mol. The molecule has 9 rings (SSSR count). The Balaban J connectivity index is 1.36. The van der Waals surface area contributed by atoms with Gasteiger partial charge in [0.05, 0.1) is 16.6 Å². The van der Waals surface area contributed by atoms with Gasteiger partial charge >= 0.3 is 0 Å². The number of rotatable bonds is 0. The lowest BCUT2D eigenvalue weighted by atomic mass is 9.96. The number of nitrogens with zero attached hydrogens (tertiary/aromatic N) is 4. The van der Waals surface area contributed by atoms with E-state index in [1.807, 2.05) is 24.8 Å². The Kier molecular flexibility index (Phi) is 3.11. The molecule has 7 aromatic rings. The van der Waals surface area contributed by atoms with Gasteiger partial charge in [0.1, 0.15) is 5.65 Å². The molecule has 0 aliphatic heterocycles. The summed E-state index contributed by atoms with van der Waals surface area (Å²) < 4.78 is 2.29. The van der Waals surface area contributed by atoms with E-state index in [-0.39, 0.29) is 0 Å². The number of pyridine rings is 3. The number of aromatic nitrogens is 4. The zero-order valence-corrected chi connectivity index (χ0v) is 18.8. The van der Waals surface area contributed by atoms with Crippen molar-refractivity contribution in [1.82, 2.24) is 19.4 Å². The van der Waals surface area contributed by atoms with Crippen LogP contribution in [0.5, 0.6) is 0 Å². The molecule has 4 heterocycles. The summed E-state index contributed by atoms with van der Waals surface area (Å²) in [5, 5.41) is 3.32. The number of benzene rings is 3. The average Bonchev–Trinajstić information content (AvgIpc) is 3.60. The van der Waals surface area contributed by atoms with E-state index in [2.05, 4.69) is 75.0 Å². The van der Waals surface area contributed by atoms with Gasteiger partial charge in [-0.05, 0) is 74.5 Å². The van der Waals surface area contributed by atoms with Gasteiger partial charge < -0.3 is 0 Å². The quantitative estimate of drug-likeness (QED) is 0.243. The average molecular weight is 447 g/mol. The largest absolute Gasteiger partial charge is 0.292 e. The van der Waals surface area contributed by atoms with Gasteiger partial charge in [0.25, 0.3) is 0 Å². The molecule has 4 heteroatoms. The summed E-state index contributed by atoms with van der Waals surface area (Å²) in [4.78, 5) is 14.1. The first-order valence-electron chi connectivity index (χ1n) is 12.0. The monoisotopic (exact) mass is 446 g/mol. The molecule has 0 atom stereocenters. The van der Waals surface area contributed by atoms with E-state index in [4.69, 9.17) is 4.98 Å². The second kappa shape index (κ2) is 6.10. The third kappa shape index (κ3) is 2.11. The van der Waals surface area contributed by atoms with Crippen molar-refractivity contribution in [2.75, 3.05) is 0 Å². The zero-order chi connectivity index (χ0) is 22.7. The number of imidazole rings is 1. The van der Waals surface area contributed by atoms with Crippen LogP contribution in [-0.4, -0.2) is 19.4 Å². The third-order valence-corrected chi connectivity index (χ3v) is 8.07. The van der Waals surface area contributed by atoms with Gasteiger partial charge in [-0.25, -0.2) is 4.98 Å². The summed E-state index contributed by atoms with van der Waals surface area (Å²) in [5.74, 6) is 0. The van der Waals surface area contributed by atoms with Crippen LogP contribution in [0.25, 0.3) is 60.6 Å². The molecule has 0 radical (unpaired) electrons. The van der Waals surface area contributed by atoms with Gasteiger partial charge in [0.15, 0.2) is 0 Å². The minimum Gasteiger partial charge on any atom is -0.292 e. The lowest BCUT2D eigenvalue weighted by Crippen LogP contribution is -1.92. The van der Waals surface area contributed by atoms with E-state index in [0.717, 1.165) is 51.2 Å². The predicted octanol–water partition coefficient (Wildman–Crippen LogP) is 6.73. The minimum atomic E-state index is 0.929. The summed E-state index contributed by atoms with van der Waals surface area (Å²) in [7, 11) is 0. The number of hydrogen-bond acceptors (Lipinski definition) is 3. The summed E-state index contributed by atoms with van der Waals surface area (Å²) in [6.45, 7) is 0. The molecule has 0 spiro atoms. The van der Waals surface area contributed by atoms with Crippen molar-refractivity contribution in [2.45, 2.75) is 12.8 Å². The molecule has 162 valence electrons. The second-order valence-electron chi connectivity index (χ2n) is 9.67. The van der Waals surface area contributed by atoms with Crippen LogP contribution >= 0.6 is 0 Å². The van der Waals surface area contributed by atoms with Crippen molar-refractivity contribution < 1.29 is 0 Å². The van der Waals surface area contributed by atoms with Crippen molar-refractivity contribution in [3.8, 4) is 22.3 Å². The lowest BCUT2D eigenvalue weighted by molar-refractivity contribution is 1.17. The second-order valence-corrected chi connectivity index (χ2v) is 9.67. The van der Waals surface area contributed by atoms with Gasteiger partial charge in [0.2, 0.25) is 0 Å². The van der Waals surface area contributed by atoms with E-state index in [9.17, 15) is 0 Å². The van der Waals surface area contributed by atoms with Crippen LogP contribution in [0.3, 0.4) is 0 Å². The Morgan fingerprint density at radius 1 is 0.571 bits per heavy atom. The van der Waals surface area contributed by atoms with Gasteiger partial charge in [-0.3, -0.25) is 14.4 Å². The maximum absolute atomic E-state index is 5.28. The zero-order valence-electron chi connectivity index (χ0n) is 18.8. The van der Waals surface area contributed by atoms with Crippen LogP contribution in [0.4, 0.5) is 0 Å². The molecular formula is C31H18N4. The van der Waals surface area contributed by atoms with Crippen molar-refractivity contribution in [3.05, 3.63) is 108 Å². The van der Waals surface area contributed by atoms with Gasteiger partial charge in [-0.1, -0.05) is 42.5 Å². The van der Waals surface area contributed by atoms with Crippen LogP contribution in [-0.2, 0) is 12.8 Å². The van der Waals surface area contributed by atoms with E-state index in [0.29, 0.717) is 0 Å². The fourth-order valence-corrected chi connectivity index (χ4v) is 6.56. The Labute approximate surface area is 200 Å². The maximum Gasteiger partial charge on any atom is 0.147 e. The highest BCUT2D eigenvalue weighted by atomic mass is 15.0. The van der Waals surface area contributed by atoms with E-state index in [1.165, 1.54) is 44.5 Å². The standard InChI is InChI=1S/C31H18N4/c1-2-4-18-17(3-1)13-23-19(18)5-6-20-21-7-8-29-30(25(21)14-24(20)23)34-31-27-16-32-11-9-22(27)26-15-33-12-10-28(26)35(29)31/h1-12,15-16H,13-14H2. The molecule has 4 nitrogen and oxygen atoms in total. The molecule has 2 aliphatic carbocycles. The smallest absolute Gasteiger partial charge is 0.147 e. The highest BCUT2D eigenvalue weighted by molar-refractivity contribution is 6.13. The van der Waals surface area contributed by atoms with E-state index >= 15 is 0 Å². The van der Waals surface area contributed by atoms with Crippen molar-refractivity contribution in [1.29, 1.82) is 0 Å². The predicted molar refractivity (Wildman–Crippen MR) is 140 cm³/mol. The first kappa shape index (κ1) is 17.8. The van der Waals surface area contributed by atoms with Crippen LogP contribution in [0, 0.1) is 0 Å². The molecule has 0 fully saturated rings. The van der Waals surface area contributed by atoms with Crippen molar-refractivity contribution >= 4 is 38.4 Å². The molecule has 0 saturated heterocycles. The third-order valence-electron chi connectivity index (χ3n) is 8.07. The summed E-state index contributed by atoms with van der Waals surface area (Å²) >= 11 is 0. The first-order chi connectivity index (χ1) is 17.4. The summed E-state index contributed by atoms with van der Waals surface area (Å²) in [5.41, 5.74) is 15.5. The number of hydrogen-bond donors (Lipinski definition) is 0. The molecule has 3 aromatic carbocycles. The maximum atomic E-state index is 5.28. The molecule has 4 aromatic heterocycles. The SMILES string of the molecule is c1ccc2c(c1)Cc1c-2ccc2c1Cc1c-2ccc2c1nc1c3cnccc3c3cnccc3n21. The molecule has 35 heavy (non-hydrogen) atoms. The topological polar surface area (TPSA) is 43.1 Å². The Bertz CT molecular complexity index is 2070. The van der Waals surface area contributed by atoms with Crippen LogP contribution in [0.1, 0.15) is 22.3 Å². The van der Waals surface area contributed by atoms with Crippen molar-refractivity contribution in [2.24, 2.45) is 0 Å². The first-order valence-corrected chi connectivity index (χ1v) is 12.0. The molecule has 0 saturated carbocycles. The van der Waals surface area contributed by atoms with Gasteiger partial charge in [-0.2, -0.15) is 0 Å². The van der Waals surface area contributed by atoms with Crippen molar-refractivity contribution in [3.63, 3.8) is 0 Å². The van der Waals surface area contributed by atoms with Gasteiger partial charge in [0, 0.05) is 42.0 Å². The van der Waals surface area contributed by atoms with Crippen LogP contribution < -0.4 is 0 Å². The molecule has 0 amide bonds. The van der Waals surface area contributed by atoms with Crippen LogP contribution in [0.2, 0.25) is 0 Å². The normalized spacial score (nSPS) is 13.5. The van der Waals surface area contributed by atoms with Gasteiger partial charge in [-0.15, -0.1) is 0 Å². The Morgan fingerprint density at radius 2 is 1.31 bits per heavy atom. The molecule has 0 unspecified atom stereocenters. The Hall–Kier alpha value is -4.57. The molecule has 2 aliphatic rings. The summed E-state index contributed by atoms with van der Waals surface area (Å²) in [6.07, 6.45) is 9.55. The summed E-state index contributed by atoms with van der Waals surface area (Å²) in [6, 6.07) is 22.2. The fourth-order valence-electron chi connectivity index (χ4n) is 6.56. The van der Waals surface area contributed by atoms with E-state index < -0.39 is 0 Å². The van der Waals surface area contributed by atoms with E-state index in [1.54, 1.807) is 0 Å². The highest BCUT2D eigenvalue weighted by Crippen LogP contribution is 2.48. The molecule has 0 bridgehead atoms. The fraction of sp³-hybridized carbons (Fsp3) is 0.0645. The molecule has 0 N–H and O–H groups in total.